The Morgan fingerprint density at radius 2 is 2.08 bits per heavy atom. The Morgan fingerprint density at radius 3 is 2.81 bits per heavy atom. The molecule has 0 aliphatic rings. The number of anilines is 3. The van der Waals surface area contributed by atoms with Crippen molar-refractivity contribution in [2.24, 2.45) is 7.05 Å². The molecule has 0 aliphatic heterocycles. The van der Waals surface area contributed by atoms with Crippen molar-refractivity contribution in [1.29, 1.82) is 0 Å². The van der Waals surface area contributed by atoms with Gasteiger partial charge in [0.1, 0.15) is 11.6 Å². The second-order valence-electron chi connectivity index (χ2n) is 5.25. The number of aliphatic hydroxyl groups is 1. The van der Waals surface area contributed by atoms with E-state index in [0.29, 0.717) is 22.5 Å². The normalized spacial score (nSPS) is 11.6. The van der Waals surface area contributed by atoms with E-state index in [1.165, 1.54) is 22.9 Å². The number of hydrogen-bond acceptors (Lipinski definition) is 7. The van der Waals surface area contributed by atoms with Gasteiger partial charge in [0.2, 0.25) is 5.95 Å². The minimum Gasteiger partial charge on any atom is -0.406 e. The summed E-state index contributed by atoms with van der Waals surface area (Å²) in [5.41, 5.74) is 0.840. The quantitative estimate of drug-likeness (QED) is 0.615. The maximum atomic E-state index is 12.3. The Morgan fingerprint density at radius 1 is 1.27 bits per heavy atom. The summed E-state index contributed by atoms with van der Waals surface area (Å²) in [4.78, 5) is 8.61. The molecule has 2 aromatic heterocycles. The summed E-state index contributed by atoms with van der Waals surface area (Å²) >= 11 is 0. The highest BCUT2D eigenvalue weighted by molar-refractivity contribution is 5.87. The van der Waals surface area contributed by atoms with Gasteiger partial charge in [0.25, 0.3) is 0 Å². The third-order valence-electron chi connectivity index (χ3n) is 3.32. The second-order valence-corrected chi connectivity index (χ2v) is 5.25. The van der Waals surface area contributed by atoms with Gasteiger partial charge in [-0.05, 0) is 12.1 Å². The fourth-order valence-corrected chi connectivity index (χ4v) is 2.29. The van der Waals surface area contributed by atoms with Crippen LogP contribution in [-0.4, -0.2) is 44.4 Å². The lowest BCUT2D eigenvalue weighted by atomic mass is 10.3. The van der Waals surface area contributed by atoms with Gasteiger partial charge in [-0.25, -0.2) is 0 Å². The van der Waals surface area contributed by atoms with Crippen LogP contribution < -0.4 is 15.4 Å². The zero-order valence-corrected chi connectivity index (χ0v) is 13.6. The van der Waals surface area contributed by atoms with Crippen LogP contribution >= 0.6 is 0 Å². The molecule has 8 nitrogen and oxygen atoms in total. The number of aromatic nitrogens is 4. The number of aryl methyl sites for hydroxylation is 1. The van der Waals surface area contributed by atoms with E-state index < -0.39 is 6.36 Å². The molecule has 0 spiro atoms. The van der Waals surface area contributed by atoms with Crippen molar-refractivity contribution in [2.45, 2.75) is 6.36 Å². The average Bonchev–Trinajstić information content (AvgIpc) is 2.93. The van der Waals surface area contributed by atoms with Gasteiger partial charge in [-0.2, -0.15) is 15.1 Å². The van der Waals surface area contributed by atoms with Crippen LogP contribution in [0.4, 0.5) is 30.6 Å². The maximum Gasteiger partial charge on any atom is 0.573 e. The summed E-state index contributed by atoms with van der Waals surface area (Å²) in [6, 6.07) is 5.35. The number of halogens is 3. The van der Waals surface area contributed by atoms with Gasteiger partial charge in [-0.3, -0.25) is 4.68 Å². The Labute approximate surface area is 145 Å². The Hall–Kier alpha value is -3.08. The molecule has 0 saturated heterocycles. The van der Waals surface area contributed by atoms with Gasteiger partial charge in [0.05, 0.1) is 18.2 Å². The summed E-state index contributed by atoms with van der Waals surface area (Å²) in [5.74, 6) is 0.246. The summed E-state index contributed by atoms with van der Waals surface area (Å²) in [7, 11) is 1.70. The number of nitrogens with zero attached hydrogens (tertiary/aromatic N) is 4. The molecule has 1 aromatic carbocycles. The monoisotopic (exact) mass is 368 g/mol. The molecule has 0 unspecified atom stereocenters. The molecule has 0 aliphatic carbocycles. The van der Waals surface area contributed by atoms with E-state index in [4.69, 9.17) is 5.11 Å². The van der Waals surface area contributed by atoms with E-state index in [2.05, 4.69) is 30.4 Å². The first-order valence-corrected chi connectivity index (χ1v) is 7.53. The SMILES string of the molecule is Cn1ncc2c(NCCO)nc(Nc3cccc(OC(F)(F)F)c3)nc21. The first-order chi connectivity index (χ1) is 12.4. The number of ether oxygens (including phenoxy) is 1. The molecule has 3 aromatic rings. The first-order valence-electron chi connectivity index (χ1n) is 7.53. The lowest BCUT2D eigenvalue weighted by Crippen LogP contribution is -2.17. The zero-order valence-electron chi connectivity index (χ0n) is 13.6. The molecular formula is C15H15F3N6O2. The molecule has 2 heterocycles. The molecule has 0 radical (unpaired) electrons. The minimum atomic E-state index is -4.77. The van der Waals surface area contributed by atoms with Crippen molar-refractivity contribution in [3.63, 3.8) is 0 Å². The number of hydrogen-bond donors (Lipinski definition) is 3. The van der Waals surface area contributed by atoms with E-state index in [1.807, 2.05) is 0 Å². The second kappa shape index (κ2) is 7.04. The molecule has 3 N–H and O–H groups in total. The van der Waals surface area contributed by atoms with Crippen molar-refractivity contribution < 1.29 is 23.0 Å². The molecule has 11 heteroatoms. The molecule has 0 saturated carbocycles. The Bertz CT molecular complexity index is 912. The summed E-state index contributed by atoms with van der Waals surface area (Å²) in [6.45, 7) is 0.181. The predicted octanol–water partition coefficient (Wildman–Crippen LogP) is 2.41. The van der Waals surface area contributed by atoms with Crippen molar-refractivity contribution in [2.75, 3.05) is 23.8 Å². The van der Waals surface area contributed by atoms with Gasteiger partial charge in [-0.1, -0.05) is 6.07 Å². The number of alkyl halides is 3. The smallest absolute Gasteiger partial charge is 0.406 e. The number of rotatable bonds is 6. The molecule has 138 valence electrons. The Balaban J connectivity index is 1.91. The average molecular weight is 368 g/mol. The molecule has 0 atom stereocenters. The molecule has 0 bridgehead atoms. The van der Waals surface area contributed by atoms with E-state index in [0.717, 1.165) is 0 Å². The van der Waals surface area contributed by atoms with Gasteiger partial charge in [0, 0.05) is 25.3 Å². The van der Waals surface area contributed by atoms with Gasteiger partial charge in [-0.15, -0.1) is 13.2 Å². The van der Waals surface area contributed by atoms with Crippen LogP contribution in [0.15, 0.2) is 30.5 Å². The third-order valence-corrected chi connectivity index (χ3v) is 3.32. The fourth-order valence-electron chi connectivity index (χ4n) is 2.29. The highest BCUT2D eigenvalue weighted by Gasteiger charge is 2.31. The summed E-state index contributed by atoms with van der Waals surface area (Å²) in [5, 5.41) is 19.5. The van der Waals surface area contributed by atoms with Gasteiger partial charge in [0.15, 0.2) is 5.65 Å². The maximum absolute atomic E-state index is 12.3. The number of nitrogens with one attached hydrogen (secondary N) is 2. The lowest BCUT2D eigenvalue weighted by molar-refractivity contribution is -0.274. The third kappa shape index (κ3) is 4.11. The lowest BCUT2D eigenvalue weighted by Gasteiger charge is -2.12. The molecule has 0 fully saturated rings. The van der Waals surface area contributed by atoms with Crippen LogP contribution in [0.5, 0.6) is 5.75 Å². The molecular weight excluding hydrogens is 353 g/mol. The summed E-state index contributed by atoms with van der Waals surface area (Å²) in [6.07, 6.45) is -3.19. The standard InChI is InChI=1S/C15H15F3N6O2/c1-24-13-11(8-20-24)12(19-5-6-25)22-14(23-13)21-9-3-2-4-10(7-9)26-15(16,17)18/h2-4,7-8,25H,5-6H2,1H3,(H2,19,21,22,23). The Kier molecular flexibility index (Phi) is 4.80. The van der Waals surface area contributed by atoms with Gasteiger partial charge < -0.3 is 20.5 Å². The molecule has 26 heavy (non-hydrogen) atoms. The van der Waals surface area contributed by atoms with Crippen LogP contribution in [0.3, 0.4) is 0 Å². The predicted molar refractivity (Wildman–Crippen MR) is 88.3 cm³/mol. The number of fused-ring (bicyclic) bond motifs is 1. The van der Waals surface area contributed by atoms with Crippen LogP contribution in [-0.2, 0) is 7.05 Å². The highest BCUT2D eigenvalue weighted by atomic mass is 19.4. The van der Waals surface area contributed by atoms with Crippen molar-refractivity contribution in [3.05, 3.63) is 30.5 Å². The molecule has 3 rings (SSSR count). The van der Waals surface area contributed by atoms with Gasteiger partial charge >= 0.3 is 6.36 Å². The van der Waals surface area contributed by atoms with Crippen LogP contribution in [0.25, 0.3) is 11.0 Å². The zero-order chi connectivity index (χ0) is 18.7. The highest BCUT2D eigenvalue weighted by Crippen LogP contribution is 2.27. The van der Waals surface area contributed by atoms with E-state index in [9.17, 15) is 13.2 Å². The van der Waals surface area contributed by atoms with Crippen LogP contribution in [0, 0.1) is 0 Å². The topological polar surface area (TPSA) is 97.1 Å². The minimum absolute atomic E-state index is 0.0919. The molecule has 0 amide bonds. The first kappa shape index (κ1) is 17.7. The van der Waals surface area contributed by atoms with Crippen LogP contribution in [0.2, 0.25) is 0 Å². The van der Waals surface area contributed by atoms with Crippen molar-refractivity contribution in [1.82, 2.24) is 19.7 Å². The van der Waals surface area contributed by atoms with Crippen molar-refractivity contribution >= 4 is 28.5 Å². The largest absolute Gasteiger partial charge is 0.573 e. The number of benzene rings is 1. The number of aliphatic hydroxyl groups excluding tert-OH is 1. The fraction of sp³-hybridized carbons (Fsp3) is 0.267. The van der Waals surface area contributed by atoms with Crippen molar-refractivity contribution in [3.8, 4) is 5.75 Å². The van der Waals surface area contributed by atoms with E-state index >= 15 is 0 Å². The summed E-state index contributed by atoms with van der Waals surface area (Å²) < 4.78 is 42.5. The van der Waals surface area contributed by atoms with E-state index in [-0.39, 0.29) is 24.8 Å². The van der Waals surface area contributed by atoms with Crippen LogP contribution in [0.1, 0.15) is 0 Å². The van der Waals surface area contributed by atoms with E-state index in [1.54, 1.807) is 19.3 Å².